The number of aromatic nitrogens is 2. The molecule has 2 aliphatic rings. The van der Waals surface area contributed by atoms with Crippen molar-refractivity contribution in [3.8, 4) is 0 Å². The molecular weight excluding hydrogens is 434 g/mol. The normalized spacial score (nSPS) is 19.3. The van der Waals surface area contributed by atoms with Gasteiger partial charge in [0.25, 0.3) is 0 Å². The number of rotatable bonds is 3. The van der Waals surface area contributed by atoms with Gasteiger partial charge in [0.15, 0.2) is 0 Å². The van der Waals surface area contributed by atoms with E-state index in [-0.39, 0.29) is 0 Å². The summed E-state index contributed by atoms with van der Waals surface area (Å²) < 4.78 is 0. The Labute approximate surface area is 205 Å². The smallest absolute Gasteiger partial charge is 0.336 e. The number of hydrogen-bond acceptors (Lipinski definition) is 4. The molecule has 1 N–H and O–H groups in total. The molecule has 5 heteroatoms. The van der Waals surface area contributed by atoms with Gasteiger partial charge in [-0.25, -0.2) is 14.8 Å². The number of fused-ring (bicyclic) bond motifs is 3. The minimum Gasteiger partial charge on any atom is -0.478 e. The highest BCUT2D eigenvalue weighted by Crippen LogP contribution is 2.40. The van der Waals surface area contributed by atoms with Gasteiger partial charge in [-0.3, -0.25) is 0 Å². The van der Waals surface area contributed by atoms with E-state index in [4.69, 9.17) is 9.97 Å². The number of piperidine rings is 1. The summed E-state index contributed by atoms with van der Waals surface area (Å²) in [6.07, 6.45) is 7.44. The van der Waals surface area contributed by atoms with Crippen LogP contribution in [0.3, 0.4) is 0 Å². The third-order valence-corrected chi connectivity index (χ3v) is 7.35. The van der Waals surface area contributed by atoms with Crippen molar-refractivity contribution in [2.75, 3.05) is 18.0 Å². The van der Waals surface area contributed by atoms with Crippen LogP contribution in [0, 0.1) is 5.92 Å². The average molecular weight is 464 g/mol. The molecule has 5 nitrogen and oxygen atoms in total. The molecule has 1 aliphatic heterocycles. The average Bonchev–Trinajstić information content (AvgIpc) is 2.87. The van der Waals surface area contributed by atoms with Crippen molar-refractivity contribution in [3.63, 3.8) is 0 Å². The van der Waals surface area contributed by atoms with Crippen molar-refractivity contribution in [1.82, 2.24) is 9.97 Å². The number of benzene rings is 2. The number of hydrogen-bond donors (Lipinski definition) is 1. The lowest BCUT2D eigenvalue weighted by Gasteiger charge is -2.30. The maximum Gasteiger partial charge on any atom is 0.336 e. The molecule has 0 radical (unpaired) electrons. The fourth-order valence-corrected chi connectivity index (χ4v) is 5.76. The van der Waals surface area contributed by atoms with Crippen molar-refractivity contribution in [3.05, 3.63) is 77.0 Å². The number of carbonyl (C=O) groups is 1. The van der Waals surface area contributed by atoms with Crippen LogP contribution >= 0.6 is 0 Å². The Bertz CT molecular complexity index is 1480. The molecule has 1 aliphatic carbocycles. The van der Waals surface area contributed by atoms with E-state index in [2.05, 4.69) is 36.1 Å². The number of carboxylic acid groups (broad SMARTS) is 1. The van der Waals surface area contributed by atoms with Gasteiger partial charge < -0.3 is 10.0 Å². The van der Waals surface area contributed by atoms with Gasteiger partial charge in [0.05, 0.1) is 22.3 Å². The van der Waals surface area contributed by atoms with E-state index in [9.17, 15) is 9.90 Å². The Morgan fingerprint density at radius 3 is 2.51 bits per heavy atom. The molecule has 0 bridgehead atoms. The van der Waals surface area contributed by atoms with Crippen LogP contribution in [-0.2, 0) is 6.42 Å². The largest absolute Gasteiger partial charge is 0.478 e. The monoisotopic (exact) mass is 463 g/mol. The second-order valence-corrected chi connectivity index (χ2v) is 9.96. The van der Waals surface area contributed by atoms with Gasteiger partial charge >= 0.3 is 5.97 Å². The quantitative estimate of drug-likeness (QED) is 0.371. The highest BCUT2D eigenvalue weighted by atomic mass is 16.4. The number of pyridine rings is 2. The number of aromatic carboxylic acids is 1. The topological polar surface area (TPSA) is 66.3 Å². The summed E-state index contributed by atoms with van der Waals surface area (Å²) in [5.74, 6) is 0.478. The van der Waals surface area contributed by atoms with Crippen LogP contribution in [0.4, 0.5) is 5.82 Å². The fourth-order valence-electron chi connectivity index (χ4n) is 5.76. The Balaban J connectivity index is 1.58. The molecule has 1 atom stereocenters. The van der Waals surface area contributed by atoms with Gasteiger partial charge in [-0.05, 0) is 73.4 Å². The number of allylic oxidation sites excluding steroid dienone is 1. The van der Waals surface area contributed by atoms with Gasteiger partial charge in [-0.15, -0.1) is 0 Å². The standard InChI is InChI=1S/C30H29N3O2/c1-19-15-21(28-24(16-19)27(30(34)35)23-10-4-6-12-26(23)31-28)18-22-17-20-9-3-5-11-25(20)32-29(22)33-13-7-2-8-14-33/h3-6,9-12,17-19H,2,7-8,13-16H2,1H3,(H,34,35). The third-order valence-electron chi connectivity index (χ3n) is 7.35. The molecule has 1 saturated heterocycles. The molecule has 1 unspecified atom stereocenters. The van der Waals surface area contributed by atoms with E-state index < -0.39 is 5.97 Å². The van der Waals surface area contributed by atoms with E-state index in [1.54, 1.807) is 0 Å². The van der Waals surface area contributed by atoms with Crippen LogP contribution in [0.2, 0.25) is 0 Å². The Kier molecular flexibility index (Phi) is 5.48. The maximum atomic E-state index is 12.4. The number of anilines is 1. The lowest BCUT2D eigenvalue weighted by molar-refractivity contribution is 0.0697. The molecule has 176 valence electrons. The second-order valence-electron chi connectivity index (χ2n) is 9.96. The summed E-state index contributed by atoms with van der Waals surface area (Å²) in [7, 11) is 0. The molecular formula is C30H29N3O2. The first-order valence-electron chi connectivity index (χ1n) is 12.6. The molecule has 0 saturated carbocycles. The van der Waals surface area contributed by atoms with E-state index in [0.29, 0.717) is 16.9 Å². The molecule has 0 spiro atoms. The summed E-state index contributed by atoms with van der Waals surface area (Å²) in [6, 6.07) is 18.1. The van der Waals surface area contributed by atoms with Crippen molar-refractivity contribution in [2.45, 2.75) is 39.0 Å². The third kappa shape index (κ3) is 3.95. The summed E-state index contributed by atoms with van der Waals surface area (Å²) >= 11 is 0. The number of nitrogens with zero attached hydrogens (tertiary/aromatic N) is 3. The minimum absolute atomic E-state index is 0.335. The van der Waals surface area contributed by atoms with Crippen LogP contribution in [0.15, 0.2) is 54.6 Å². The number of para-hydroxylation sites is 2. The highest BCUT2D eigenvalue weighted by molar-refractivity contribution is 6.06. The predicted molar refractivity (Wildman–Crippen MR) is 142 cm³/mol. The molecule has 2 aromatic heterocycles. The Morgan fingerprint density at radius 2 is 1.71 bits per heavy atom. The zero-order valence-electron chi connectivity index (χ0n) is 20.0. The van der Waals surface area contributed by atoms with Gasteiger partial charge in [-0.1, -0.05) is 43.3 Å². The molecule has 3 heterocycles. The molecule has 6 rings (SSSR count). The molecule has 35 heavy (non-hydrogen) atoms. The highest BCUT2D eigenvalue weighted by Gasteiger charge is 2.28. The van der Waals surface area contributed by atoms with Crippen molar-refractivity contribution < 1.29 is 9.90 Å². The van der Waals surface area contributed by atoms with Crippen LogP contribution in [-0.4, -0.2) is 34.1 Å². The van der Waals surface area contributed by atoms with E-state index >= 15 is 0 Å². The second kappa shape index (κ2) is 8.81. The minimum atomic E-state index is -0.880. The van der Waals surface area contributed by atoms with Crippen LogP contribution < -0.4 is 4.90 Å². The van der Waals surface area contributed by atoms with Gasteiger partial charge in [0.1, 0.15) is 5.82 Å². The SMILES string of the molecule is CC1CC(=Cc2cc3ccccc3nc2N2CCCCC2)c2nc3ccccc3c(C(=O)O)c2C1. The maximum absolute atomic E-state index is 12.4. The first kappa shape index (κ1) is 21.8. The van der Waals surface area contributed by atoms with Crippen molar-refractivity contribution >= 4 is 45.2 Å². The van der Waals surface area contributed by atoms with E-state index in [1.165, 1.54) is 19.3 Å². The molecule has 0 amide bonds. The van der Waals surface area contributed by atoms with Gasteiger partial charge in [0, 0.05) is 29.4 Å². The zero-order valence-corrected chi connectivity index (χ0v) is 20.0. The zero-order chi connectivity index (χ0) is 23.9. The van der Waals surface area contributed by atoms with Crippen LogP contribution in [0.25, 0.3) is 33.5 Å². The lowest BCUT2D eigenvalue weighted by atomic mass is 9.80. The van der Waals surface area contributed by atoms with Gasteiger partial charge in [-0.2, -0.15) is 0 Å². The molecule has 1 fully saturated rings. The summed E-state index contributed by atoms with van der Waals surface area (Å²) in [5, 5.41) is 12.0. The van der Waals surface area contributed by atoms with E-state index in [1.807, 2.05) is 36.4 Å². The predicted octanol–water partition coefficient (Wildman–Crippen LogP) is 6.59. The first-order valence-corrected chi connectivity index (χ1v) is 12.6. The van der Waals surface area contributed by atoms with Crippen LogP contribution in [0.1, 0.15) is 59.8 Å². The fraction of sp³-hybridized carbons (Fsp3) is 0.300. The van der Waals surface area contributed by atoms with Crippen molar-refractivity contribution in [1.29, 1.82) is 0 Å². The Hall–Kier alpha value is -3.73. The lowest BCUT2D eigenvalue weighted by Crippen LogP contribution is -2.30. The summed E-state index contributed by atoms with van der Waals surface area (Å²) in [5.41, 5.74) is 6.01. The Morgan fingerprint density at radius 1 is 0.971 bits per heavy atom. The number of carboxylic acids is 1. The van der Waals surface area contributed by atoms with Gasteiger partial charge in [0.2, 0.25) is 0 Å². The van der Waals surface area contributed by atoms with Crippen LogP contribution in [0.5, 0.6) is 0 Å². The molecule has 2 aromatic carbocycles. The molecule has 4 aromatic rings. The first-order chi connectivity index (χ1) is 17.1. The van der Waals surface area contributed by atoms with E-state index in [0.717, 1.165) is 70.6 Å². The van der Waals surface area contributed by atoms with Crippen molar-refractivity contribution in [2.24, 2.45) is 5.92 Å². The summed E-state index contributed by atoms with van der Waals surface area (Å²) in [6.45, 7) is 4.23. The summed E-state index contributed by atoms with van der Waals surface area (Å²) in [4.78, 5) is 24.9.